The first-order valence-corrected chi connectivity index (χ1v) is 4.24. The molecule has 0 bridgehead atoms. The maximum atomic E-state index is 11.1. The number of benzene rings is 1. The van der Waals surface area contributed by atoms with E-state index < -0.39 is 0 Å². The van der Waals surface area contributed by atoms with Crippen molar-refractivity contribution in [2.24, 2.45) is 7.05 Å². The van der Waals surface area contributed by atoms with Crippen molar-refractivity contribution in [1.29, 1.82) is 0 Å². The Balaban J connectivity index is 2.72. The van der Waals surface area contributed by atoms with Crippen molar-refractivity contribution in [3.05, 3.63) is 36.0 Å². The monoisotopic (exact) mass is 173 g/mol. The Morgan fingerprint density at radius 2 is 2.08 bits per heavy atom. The molecule has 0 N–H and O–H groups in total. The number of ketones is 1. The predicted octanol–water partition coefficient (Wildman–Crippen LogP) is 2.38. The molecule has 66 valence electrons. The maximum absolute atomic E-state index is 11.1. The molecular weight excluding hydrogens is 162 g/mol. The smallest absolute Gasteiger partial charge is 0.159 e. The van der Waals surface area contributed by atoms with Gasteiger partial charge in [0, 0.05) is 24.3 Å². The molecular formula is C11H11NO. The zero-order chi connectivity index (χ0) is 9.42. The summed E-state index contributed by atoms with van der Waals surface area (Å²) in [4.78, 5) is 11.1. The lowest BCUT2D eigenvalue weighted by atomic mass is 10.1. The van der Waals surface area contributed by atoms with Crippen LogP contribution in [0.5, 0.6) is 0 Å². The second-order valence-corrected chi connectivity index (χ2v) is 3.26. The molecule has 1 aromatic carbocycles. The SMILES string of the molecule is CC(=O)c1ccc2ccn(C)c2c1. The average Bonchev–Trinajstić information content (AvgIpc) is 2.47. The van der Waals surface area contributed by atoms with Gasteiger partial charge in [-0.15, -0.1) is 0 Å². The number of fused-ring (bicyclic) bond motifs is 1. The van der Waals surface area contributed by atoms with E-state index in [9.17, 15) is 4.79 Å². The van der Waals surface area contributed by atoms with Crippen LogP contribution in [0, 0.1) is 0 Å². The summed E-state index contributed by atoms with van der Waals surface area (Å²) in [5.74, 6) is 0.114. The van der Waals surface area contributed by atoms with Gasteiger partial charge in [-0.25, -0.2) is 0 Å². The third-order valence-corrected chi connectivity index (χ3v) is 2.29. The molecule has 0 aliphatic heterocycles. The van der Waals surface area contributed by atoms with Gasteiger partial charge in [0.25, 0.3) is 0 Å². The number of aromatic nitrogens is 1. The Morgan fingerprint density at radius 3 is 2.77 bits per heavy atom. The Hall–Kier alpha value is -1.57. The molecule has 0 saturated heterocycles. The van der Waals surface area contributed by atoms with Crippen LogP contribution in [0.25, 0.3) is 10.9 Å². The fourth-order valence-electron chi connectivity index (χ4n) is 1.48. The van der Waals surface area contributed by atoms with E-state index in [0.717, 1.165) is 11.1 Å². The van der Waals surface area contributed by atoms with Crippen LogP contribution < -0.4 is 0 Å². The Labute approximate surface area is 76.8 Å². The van der Waals surface area contributed by atoms with Crippen molar-refractivity contribution in [2.45, 2.75) is 6.92 Å². The number of carbonyl (C=O) groups excluding carboxylic acids is 1. The lowest BCUT2D eigenvalue weighted by Crippen LogP contribution is -1.92. The van der Waals surface area contributed by atoms with Gasteiger partial charge < -0.3 is 4.57 Å². The summed E-state index contributed by atoms with van der Waals surface area (Å²) < 4.78 is 2.02. The summed E-state index contributed by atoms with van der Waals surface area (Å²) in [6.07, 6.45) is 1.99. The van der Waals surface area contributed by atoms with Crippen LogP contribution in [0.2, 0.25) is 0 Å². The van der Waals surface area contributed by atoms with E-state index in [1.807, 2.05) is 42.1 Å². The third-order valence-electron chi connectivity index (χ3n) is 2.29. The molecule has 0 aliphatic carbocycles. The molecule has 2 rings (SSSR count). The van der Waals surface area contributed by atoms with E-state index in [2.05, 4.69) is 0 Å². The minimum absolute atomic E-state index is 0.114. The van der Waals surface area contributed by atoms with Crippen molar-refractivity contribution >= 4 is 16.7 Å². The molecule has 0 saturated carbocycles. The molecule has 0 amide bonds. The van der Waals surface area contributed by atoms with Crippen molar-refractivity contribution in [3.63, 3.8) is 0 Å². The van der Waals surface area contributed by atoms with Crippen molar-refractivity contribution < 1.29 is 4.79 Å². The summed E-state index contributed by atoms with van der Waals surface area (Å²) in [5.41, 5.74) is 1.88. The topological polar surface area (TPSA) is 22.0 Å². The highest BCUT2D eigenvalue weighted by molar-refractivity contribution is 5.97. The lowest BCUT2D eigenvalue weighted by Gasteiger charge is -1.98. The average molecular weight is 173 g/mol. The molecule has 0 fully saturated rings. The van der Waals surface area contributed by atoms with Gasteiger partial charge in [0.05, 0.1) is 0 Å². The van der Waals surface area contributed by atoms with Gasteiger partial charge in [0.2, 0.25) is 0 Å². The minimum Gasteiger partial charge on any atom is -0.351 e. The highest BCUT2D eigenvalue weighted by Gasteiger charge is 2.02. The van der Waals surface area contributed by atoms with Gasteiger partial charge in [0.1, 0.15) is 0 Å². The molecule has 2 aromatic rings. The van der Waals surface area contributed by atoms with Crippen LogP contribution in [0.15, 0.2) is 30.5 Å². The first-order chi connectivity index (χ1) is 6.18. The van der Waals surface area contributed by atoms with Gasteiger partial charge in [-0.2, -0.15) is 0 Å². The molecule has 0 unspecified atom stereocenters. The molecule has 13 heavy (non-hydrogen) atoms. The number of carbonyl (C=O) groups is 1. The van der Waals surface area contributed by atoms with Crippen molar-refractivity contribution in [3.8, 4) is 0 Å². The molecule has 0 atom stereocenters. The van der Waals surface area contributed by atoms with E-state index >= 15 is 0 Å². The number of rotatable bonds is 1. The van der Waals surface area contributed by atoms with Crippen LogP contribution >= 0.6 is 0 Å². The fraction of sp³-hybridized carbons (Fsp3) is 0.182. The van der Waals surface area contributed by atoms with Crippen molar-refractivity contribution in [2.75, 3.05) is 0 Å². The van der Waals surface area contributed by atoms with Crippen LogP contribution in [-0.2, 0) is 7.05 Å². The third kappa shape index (κ3) is 1.24. The molecule has 2 nitrogen and oxygen atoms in total. The molecule has 0 aliphatic rings. The molecule has 1 heterocycles. The second kappa shape index (κ2) is 2.73. The fourth-order valence-corrected chi connectivity index (χ4v) is 1.48. The van der Waals surface area contributed by atoms with E-state index in [1.165, 1.54) is 5.39 Å². The van der Waals surface area contributed by atoms with Crippen molar-refractivity contribution in [1.82, 2.24) is 4.57 Å². The van der Waals surface area contributed by atoms with Crippen LogP contribution in [0.4, 0.5) is 0 Å². The second-order valence-electron chi connectivity index (χ2n) is 3.26. The van der Waals surface area contributed by atoms with Gasteiger partial charge in [-0.3, -0.25) is 4.79 Å². The Morgan fingerprint density at radius 1 is 1.31 bits per heavy atom. The zero-order valence-corrected chi connectivity index (χ0v) is 7.74. The quantitative estimate of drug-likeness (QED) is 0.607. The number of hydrogen-bond donors (Lipinski definition) is 0. The summed E-state index contributed by atoms with van der Waals surface area (Å²) >= 11 is 0. The molecule has 2 heteroatoms. The maximum Gasteiger partial charge on any atom is 0.159 e. The standard InChI is InChI=1S/C11H11NO/c1-8(13)10-4-3-9-5-6-12(2)11(9)7-10/h3-7H,1-2H3. The number of aryl methyl sites for hydroxylation is 1. The van der Waals surface area contributed by atoms with Crippen LogP contribution in [0.3, 0.4) is 0 Å². The number of nitrogens with zero attached hydrogens (tertiary/aromatic N) is 1. The van der Waals surface area contributed by atoms with Gasteiger partial charge in [0.15, 0.2) is 5.78 Å². The lowest BCUT2D eigenvalue weighted by molar-refractivity contribution is 0.101. The minimum atomic E-state index is 0.114. The highest BCUT2D eigenvalue weighted by Crippen LogP contribution is 2.16. The van der Waals surface area contributed by atoms with Crippen LogP contribution in [-0.4, -0.2) is 10.4 Å². The molecule has 1 aromatic heterocycles. The Bertz CT molecular complexity index is 468. The van der Waals surface area contributed by atoms with E-state index in [4.69, 9.17) is 0 Å². The number of Topliss-reactive ketones (excluding diaryl/α,β-unsaturated/α-hetero) is 1. The molecule has 0 spiro atoms. The number of hydrogen-bond acceptors (Lipinski definition) is 1. The predicted molar refractivity (Wildman–Crippen MR) is 52.9 cm³/mol. The largest absolute Gasteiger partial charge is 0.351 e. The summed E-state index contributed by atoms with van der Waals surface area (Å²) in [6.45, 7) is 1.59. The summed E-state index contributed by atoms with van der Waals surface area (Å²) in [5, 5.41) is 1.17. The summed E-state index contributed by atoms with van der Waals surface area (Å²) in [7, 11) is 1.98. The first-order valence-electron chi connectivity index (χ1n) is 4.24. The zero-order valence-electron chi connectivity index (χ0n) is 7.74. The van der Waals surface area contributed by atoms with Crippen LogP contribution in [0.1, 0.15) is 17.3 Å². The van der Waals surface area contributed by atoms with E-state index in [0.29, 0.717) is 0 Å². The Kier molecular flexibility index (Phi) is 1.69. The first kappa shape index (κ1) is 8.05. The molecule has 0 radical (unpaired) electrons. The van der Waals surface area contributed by atoms with E-state index in [1.54, 1.807) is 6.92 Å². The van der Waals surface area contributed by atoms with Gasteiger partial charge in [-0.05, 0) is 24.4 Å². The summed E-state index contributed by atoms with van der Waals surface area (Å²) in [6, 6.07) is 7.81. The van der Waals surface area contributed by atoms with E-state index in [-0.39, 0.29) is 5.78 Å². The van der Waals surface area contributed by atoms with Gasteiger partial charge in [-0.1, -0.05) is 12.1 Å². The normalized spacial score (nSPS) is 10.6. The highest BCUT2D eigenvalue weighted by atomic mass is 16.1. The van der Waals surface area contributed by atoms with Gasteiger partial charge >= 0.3 is 0 Å².